The zero-order chi connectivity index (χ0) is 21.9. The first-order valence-electron chi connectivity index (χ1n) is 8.49. The Morgan fingerprint density at radius 1 is 1.33 bits per heavy atom. The van der Waals surface area contributed by atoms with E-state index < -0.39 is 21.8 Å². The molecule has 30 heavy (non-hydrogen) atoms. The second-order valence-electron chi connectivity index (χ2n) is 6.30. The summed E-state index contributed by atoms with van der Waals surface area (Å²) >= 11 is 6.06. The predicted octanol–water partition coefficient (Wildman–Crippen LogP) is 2.58. The summed E-state index contributed by atoms with van der Waals surface area (Å²) in [5.41, 5.74) is 1.07. The van der Waals surface area contributed by atoms with Crippen molar-refractivity contribution in [3.05, 3.63) is 70.8 Å². The molecular formula is C19H15ClFN5O3S. The third kappa shape index (κ3) is 4.65. The van der Waals surface area contributed by atoms with Crippen LogP contribution in [-0.2, 0) is 14.8 Å². The summed E-state index contributed by atoms with van der Waals surface area (Å²) in [5.74, 6) is -1.30. The Morgan fingerprint density at radius 2 is 2.10 bits per heavy atom. The normalized spacial score (nSPS) is 12.2. The number of benzene rings is 2. The molecule has 0 saturated carbocycles. The number of aldehydes is 1. The largest absolute Gasteiger partial charge is 0.384 e. The van der Waals surface area contributed by atoms with Crippen LogP contribution in [-0.4, -0.2) is 31.0 Å². The highest BCUT2D eigenvalue weighted by atomic mass is 35.5. The number of sulfonamides is 1. The van der Waals surface area contributed by atoms with E-state index in [1.807, 2.05) is 6.07 Å². The Morgan fingerprint density at radius 3 is 2.73 bits per heavy atom. The molecule has 0 saturated heterocycles. The minimum atomic E-state index is -4.13. The average Bonchev–Trinajstić information content (AvgIpc) is 3.19. The van der Waals surface area contributed by atoms with Gasteiger partial charge >= 0.3 is 0 Å². The summed E-state index contributed by atoms with van der Waals surface area (Å²) in [4.78, 5) is 11.3. The van der Waals surface area contributed by atoms with Crippen molar-refractivity contribution >= 4 is 33.6 Å². The van der Waals surface area contributed by atoms with E-state index >= 15 is 0 Å². The number of hydrogen-bond donors (Lipinski definition) is 2. The van der Waals surface area contributed by atoms with E-state index in [-0.39, 0.29) is 27.7 Å². The van der Waals surface area contributed by atoms with Gasteiger partial charge in [-0.15, -0.1) is 0 Å². The van der Waals surface area contributed by atoms with Gasteiger partial charge in [-0.3, -0.25) is 0 Å². The Kier molecular flexibility index (Phi) is 6.17. The number of anilines is 1. The van der Waals surface area contributed by atoms with Crippen molar-refractivity contribution in [2.45, 2.75) is 10.8 Å². The van der Waals surface area contributed by atoms with Gasteiger partial charge in [-0.1, -0.05) is 11.6 Å². The number of aromatic nitrogens is 2. The lowest BCUT2D eigenvalue weighted by Gasteiger charge is -2.16. The topological polar surface area (TPSA) is 131 Å². The molecule has 1 unspecified atom stereocenters. The van der Waals surface area contributed by atoms with E-state index in [0.29, 0.717) is 17.5 Å². The number of primary sulfonamides is 1. The van der Waals surface area contributed by atoms with Gasteiger partial charge in [0.15, 0.2) is 0 Å². The first-order valence-corrected chi connectivity index (χ1v) is 10.4. The smallest absolute Gasteiger partial charge is 0.240 e. The zero-order valence-electron chi connectivity index (χ0n) is 15.3. The summed E-state index contributed by atoms with van der Waals surface area (Å²) in [7, 11) is -4.13. The Hall–Kier alpha value is -3.26. The van der Waals surface area contributed by atoms with Crippen molar-refractivity contribution in [3.63, 3.8) is 0 Å². The maximum Gasteiger partial charge on any atom is 0.240 e. The third-order valence-corrected chi connectivity index (χ3v) is 5.56. The molecule has 154 valence electrons. The molecule has 2 aromatic carbocycles. The molecule has 1 aromatic heterocycles. The average molecular weight is 448 g/mol. The van der Waals surface area contributed by atoms with Crippen molar-refractivity contribution in [2.75, 3.05) is 11.9 Å². The molecule has 0 spiro atoms. The number of nitrogens with one attached hydrogen (secondary N) is 1. The third-order valence-electron chi connectivity index (χ3n) is 4.27. The minimum absolute atomic E-state index is 0.0381. The molecule has 0 fully saturated rings. The highest BCUT2D eigenvalue weighted by Crippen LogP contribution is 2.27. The molecule has 11 heteroatoms. The number of carbonyl (C=O) groups is 1. The Labute approximate surface area is 176 Å². The Bertz CT molecular complexity index is 1250. The molecule has 0 amide bonds. The lowest BCUT2D eigenvalue weighted by molar-refractivity contribution is -0.108. The van der Waals surface area contributed by atoms with Crippen LogP contribution in [0.15, 0.2) is 53.7 Å². The summed E-state index contributed by atoms with van der Waals surface area (Å²) in [6.07, 6.45) is 3.28. The van der Waals surface area contributed by atoms with Crippen molar-refractivity contribution in [1.29, 1.82) is 5.26 Å². The fourth-order valence-corrected chi connectivity index (χ4v) is 3.81. The quantitative estimate of drug-likeness (QED) is 0.535. The van der Waals surface area contributed by atoms with Crippen molar-refractivity contribution in [2.24, 2.45) is 5.14 Å². The molecule has 0 aliphatic heterocycles. The first kappa shape index (κ1) is 21.4. The lowest BCUT2D eigenvalue weighted by atomic mass is 10.0. The van der Waals surface area contributed by atoms with Crippen molar-refractivity contribution in [3.8, 4) is 11.8 Å². The SMILES string of the molecule is N#Cc1cnn(-c2ccc(NCC(C=O)c3cc(F)ccc3Cl)cc2S(N)(=O)=O)c1. The number of rotatable bonds is 7. The van der Waals surface area contributed by atoms with E-state index in [9.17, 15) is 17.6 Å². The van der Waals surface area contributed by atoms with Crippen LogP contribution < -0.4 is 10.5 Å². The van der Waals surface area contributed by atoms with Gasteiger partial charge in [0.05, 0.1) is 23.4 Å². The molecule has 3 N–H and O–H groups in total. The van der Waals surface area contributed by atoms with Gasteiger partial charge in [0, 0.05) is 23.5 Å². The molecule has 3 aromatic rings. The van der Waals surface area contributed by atoms with Gasteiger partial charge in [-0.05, 0) is 42.0 Å². The molecule has 1 atom stereocenters. The number of nitrogens with two attached hydrogens (primary N) is 1. The highest BCUT2D eigenvalue weighted by molar-refractivity contribution is 7.89. The van der Waals surface area contributed by atoms with Crippen LogP contribution in [0, 0.1) is 17.1 Å². The number of carbonyl (C=O) groups excluding carboxylic acids is 1. The molecule has 3 rings (SSSR count). The van der Waals surface area contributed by atoms with Crippen LogP contribution >= 0.6 is 11.6 Å². The van der Waals surface area contributed by atoms with E-state index in [1.54, 1.807) is 6.07 Å². The van der Waals surface area contributed by atoms with Gasteiger partial charge < -0.3 is 10.1 Å². The second kappa shape index (κ2) is 8.62. The molecule has 0 aliphatic carbocycles. The van der Waals surface area contributed by atoms with E-state index in [0.717, 1.165) is 0 Å². The summed E-state index contributed by atoms with van der Waals surface area (Å²) in [5, 5.41) is 21.4. The monoisotopic (exact) mass is 447 g/mol. The fourth-order valence-electron chi connectivity index (χ4n) is 2.81. The summed E-state index contributed by atoms with van der Waals surface area (Å²) < 4.78 is 38.9. The lowest BCUT2D eigenvalue weighted by Crippen LogP contribution is -2.18. The van der Waals surface area contributed by atoms with Gasteiger partial charge in [0.1, 0.15) is 23.1 Å². The molecule has 0 bridgehead atoms. The highest BCUT2D eigenvalue weighted by Gasteiger charge is 2.19. The van der Waals surface area contributed by atoms with Crippen LogP contribution in [0.4, 0.5) is 10.1 Å². The molecule has 1 heterocycles. The molecule has 0 aliphatic rings. The van der Waals surface area contributed by atoms with Crippen LogP contribution in [0.25, 0.3) is 5.69 Å². The number of nitriles is 1. The van der Waals surface area contributed by atoms with Gasteiger partial charge in [-0.2, -0.15) is 10.4 Å². The predicted molar refractivity (Wildman–Crippen MR) is 108 cm³/mol. The number of hydrogen-bond acceptors (Lipinski definition) is 6. The van der Waals surface area contributed by atoms with Crippen LogP contribution in [0.5, 0.6) is 0 Å². The minimum Gasteiger partial charge on any atom is -0.384 e. The van der Waals surface area contributed by atoms with Gasteiger partial charge in [0.25, 0.3) is 0 Å². The van der Waals surface area contributed by atoms with Crippen molar-refractivity contribution < 1.29 is 17.6 Å². The van der Waals surface area contributed by atoms with Gasteiger partial charge in [0.2, 0.25) is 10.0 Å². The maximum atomic E-state index is 13.5. The first-order chi connectivity index (χ1) is 14.2. The Balaban J connectivity index is 1.91. The van der Waals surface area contributed by atoms with Gasteiger partial charge in [-0.25, -0.2) is 22.6 Å². The molecular weight excluding hydrogens is 433 g/mol. The van der Waals surface area contributed by atoms with E-state index in [1.165, 1.54) is 47.4 Å². The van der Waals surface area contributed by atoms with Crippen LogP contribution in [0.2, 0.25) is 5.02 Å². The fraction of sp³-hybridized carbons (Fsp3) is 0.105. The second-order valence-corrected chi connectivity index (χ2v) is 8.24. The standard InChI is InChI=1S/C19H15ClFN5O3S/c20-17-3-1-14(21)5-16(17)13(11-27)9-24-15-2-4-18(19(6-15)30(23,28)29)26-10-12(7-22)8-25-26/h1-6,8,10-11,13,24H,9H2,(H2,23,28,29). The number of halogens is 2. The zero-order valence-corrected chi connectivity index (χ0v) is 16.9. The summed E-state index contributed by atoms with van der Waals surface area (Å²) in [6, 6.07) is 9.93. The van der Waals surface area contributed by atoms with Crippen molar-refractivity contribution in [1.82, 2.24) is 9.78 Å². The van der Waals surface area contributed by atoms with Crippen LogP contribution in [0.1, 0.15) is 17.0 Å². The molecule has 8 nitrogen and oxygen atoms in total. The van der Waals surface area contributed by atoms with E-state index in [2.05, 4.69) is 10.4 Å². The maximum absolute atomic E-state index is 13.5. The van der Waals surface area contributed by atoms with E-state index in [4.69, 9.17) is 22.0 Å². The number of nitrogens with zero attached hydrogens (tertiary/aromatic N) is 3. The summed E-state index contributed by atoms with van der Waals surface area (Å²) in [6.45, 7) is 0.0381. The van der Waals surface area contributed by atoms with Crippen LogP contribution in [0.3, 0.4) is 0 Å². The molecule has 0 radical (unpaired) electrons.